The van der Waals surface area contributed by atoms with Crippen LogP contribution in [-0.2, 0) is 6.54 Å². The van der Waals surface area contributed by atoms with E-state index in [1.165, 1.54) is 12.1 Å². The van der Waals surface area contributed by atoms with Crippen molar-refractivity contribution in [3.8, 4) is 11.5 Å². The molecule has 0 atom stereocenters. The number of rotatable bonds is 4. The molecule has 0 bridgehead atoms. The van der Waals surface area contributed by atoms with Gasteiger partial charge in [-0.3, -0.25) is 10.1 Å². The summed E-state index contributed by atoms with van der Waals surface area (Å²) in [6.07, 6.45) is 0. The number of halogens is 1. The highest BCUT2D eigenvalue weighted by Gasteiger charge is 2.15. The largest absolute Gasteiger partial charge is 0.454 e. The summed E-state index contributed by atoms with van der Waals surface area (Å²) in [5.41, 5.74) is 1.43. The lowest BCUT2D eigenvalue weighted by atomic mass is 10.2. The smallest absolute Gasteiger partial charge is 0.270 e. The topological polar surface area (TPSA) is 99.4 Å². The second-order valence-corrected chi connectivity index (χ2v) is 5.68. The minimum absolute atomic E-state index is 0.0375. The Labute approximate surface area is 146 Å². The molecule has 2 aromatic carbocycles. The van der Waals surface area contributed by atoms with Gasteiger partial charge in [0.2, 0.25) is 12.1 Å². The van der Waals surface area contributed by atoms with Crippen molar-refractivity contribution >= 4 is 34.0 Å². The molecule has 1 aliphatic heterocycles. The van der Waals surface area contributed by atoms with Gasteiger partial charge in [-0.1, -0.05) is 6.07 Å². The molecule has 1 aromatic heterocycles. The number of hydrogen-bond acceptors (Lipinski definition) is 7. The molecule has 0 aliphatic carbocycles. The quantitative estimate of drug-likeness (QED) is 0.432. The van der Waals surface area contributed by atoms with Crippen LogP contribution in [0.2, 0.25) is 5.28 Å². The number of fused-ring (bicyclic) bond motifs is 2. The molecule has 9 heteroatoms. The van der Waals surface area contributed by atoms with Crippen LogP contribution >= 0.6 is 11.6 Å². The van der Waals surface area contributed by atoms with E-state index in [1.54, 1.807) is 6.07 Å². The Morgan fingerprint density at radius 1 is 1.16 bits per heavy atom. The molecule has 0 saturated carbocycles. The van der Waals surface area contributed by atoms with Gasteiger partial charge in [-0.2, -0.15) is 0 Å². The molecule has 2 heterocycles. The third-order valence-electron chi connectivity index (χ3n) is 3.76. The number of nitro benzene ring substituents is 1. The zero-order valence-electron chi connectivity index (χ0n) is 12.7. The van der Waals surface area contributed by atoms with Crippen LogP contribution in [0.3, 0.4) is 0 Å². The minimum atomic E-state index is -0.463. The van der Waals surface area contributed by atoms with Crippen molar-refractivity contribution in [1.82, 2.24) is 9.97 Å². The van der Waals surface area contributed by atoms with Gasteiger partial charge < -0.3 is 14.8 Å². The lowest BCUT2D eigenvalue weighted by Crippen LogP contribution is -2.03. The number of benzene rings is 2. The summed E-state index contributed by atoms with van der Waals surface area (Å²) in [6, 6.07) is 9.94. The second kappa shape index (κ2) is 6.06. The Hall–Kier alpha value is -3.13. The molecule has 0 spiro atoms. The van der Waals surface area contributed by atoms with Crippen molar-refractivity contribution in [1.29, 1.82) is 0 Å². The predicted octanol–water partition coefficient (Wildman–Crippen LogP) is 3.53. The molecule has 0 fully saturated rings. The number of anilines is 1. The van der Waals surface area contributed by atoms with Gasteiger partial charge in [0.25, 0.3) is 5.69 Å². The van der Waals surface area contributed by atoms with E-state index >= 15 is 0 Å². The number of hydrogen-bond donors (Lipinski definition) is 1. The van der Waals surface area contributed by atoms with Gasteiger partial charge in [-0.25, -0.2) is 9.97 Å². The molecule has 8 nitrogen and oxygen atoms in total. The van der Waals surface area contributed by atoms with Crippen LogP contribution in [0.4, 0.5) is 11.5 Å². The zero-order chi connectivity index (χ0) is 17.4. The average molecular weight is 359 g/mol. The third kappa shape index (κ3) is 2.99. The summed E-state index contributed by atoms with van der Waals surface area (Å²) < 4.78 is 10.6. The zero-order valence-corrected chi connectivity index (χ0v) is 13.5. The first-order chi connectivity index (χ1) is 12.1. The first-order valence-corrected chi connectivity index (χ1v) is 7.72. The number of nitrogens with one attached hydrogen (secondary N) is 1. The van der Waals surface area contributed by atoms with Crippen molar-refractivity contribution < 1.29 is 14.4 Å². The molecule has 1 N–H and O–H groups in total. The monoisotopic (exact) mass is 358 g/mol. The minimum Gasteiger partial charge on any atom is -0.454 e. The number of aromatic nitrogens is 2. The molecule has 0 unspecified atom stereocenters. The Bertz CT molecular complexity index is 995. The fourth-order valence-corrected chi connectivity index (χ4v) is 2.75. The van der Waals surface area contributed by atoms with Crippen molar-refractivity contribution in [2.45, 2.75) is 6.54 Å². The summed E-state index contributed by atoms with van der Waals surface area (Å²) >= 11 is 5.95. The highest BCUT2D eigenvalue weighted by Crippen LogP contribution is 2.33. The highest BCUT2D eigenvalue weighted by molar-refractivity contribution is 6.28. The van der Waals surface area contributed by atoms with Crippen LogP contribution in [0, 0.1) is 10.1 Å². The van der Waals surface area contributed by atoms with Crippen LogP contribution in [-0.4, -0.2) is 21.7 Å². The fraction of sp³-hybridized carbons (Fsp3) is 0.125. The number of ether oxygens (including phenoxy) is 2. The lowest BCUT2D eigenvalue weighted by Gasteiger charge is -2.09. The normalized spacial score (nSPS) is 12.4. The van der Waals surface area contributed by atoms with Crippen LogP contribution in [0.25, 0.3) is 10.9 Å². The van der Waals surface area contributed by atoms with Gasteiger partial charge >= 0.3 is 0 Å². The Morgan fingerprint density at radius 3 is 2.84 bits per heavy atom. The Balaban J connectivity index is 1.66. The summed E-state index contributed by atoms with van der Waals surface area (Å²) in [5.74, 6) is 1.81. The van der Waals surface area contributed by atoms with Crippen LogP contribution in [0.1, 0.15) is 5.56 Å². The van der Waals surface area contributed by atoms with E-state index < -0.39 is 4.92 Å². The molecule has 0 radical (unpaired) electrons. The van der Waals surface area contributed by atoms with Crippen molar-refractivity contribution in [2.75, 3.05) is 12.1 Å². The lowest BCUT2D eigenvalue weighted by molar-refractivity contribution is -0.384. The molecule has 25 heavy (non-hydrogen) atoms. The maximum Gasteiger partial charge on any atom is 0.270 e. The van der Waals surface area contributed by atoms with Gasteiger partial charge in [0, 0.05) is 24.1 Å². The van der Waals surface area contributed by atoms with Crippen LogP contribution < -0.4 is 14.8 Å². The standard InChI is InChI=1S/C16H11ClN4O4/c17-16-19-12-3-2-10(21(22)23)6-11(12)15(20-16)18-7-9-1-4-13-14(5-9)25-8-24-13/h1-6H,7-8H2,(H,18,19,20). The number of nitro groups is 1. The maximum absolute atomic E-state index is 11.0. The van der Waals surface area contributed by atoms with E-state index in [-0.39, 0.29) is 17.8 Å². The van der Waals surface area contributed by atoms with E-state index in [2.05, 4.69) is 15.3 Å². The van der Waals surface area contributed by atoms with E-state index in [0.29, 0.717) is 34.8 Å². The summed E-state index contributed by atoms with van der Waals surface area (Å²) in [7, 11) is 0. The number of non-ortho nitro benzene ring substituents is 1. The summed E-state index contributed by atoms with van der Waals surface area (Å²) in [6.45, 7) is 0.643. The van der Waals surface area contributed by atoms with Gasteiger partial charge in [0.15, 0.2) is 11.5 Å². The molecule has 126 valence electrons. The fourth-order valence-electron chi connectivity index (χ4n) is 2.57. The summed E-state index contributed by atoms with van der Waals surface area (Å²) in [4.78, 5) is 18.8. The molecule has 0 saturated heterocycles. The van der Waals surface area contributed by atoms with Gasteiger partial charge in [-0.15, -0.1) is 0 Å². The molecular weight excluding hydrogens is 348 g/mol. The Morgan fingerprint density at radius 2 is 2.00 bits per heavy atom. The second-order valence-electron chi connectivity index (χ2n) is 5.34. The van der Waals surface area contributed by atoms with E-state index in [4.69, 9.17) is 21.1 Å². The third-order valence-corrected chi connectivity index (χ3v) is 3.93. The maximum atomic E-state index is 11.0. The summed E-state index contributed by atoms with van der Waals surface area (Å²) in [5, 5.41) is 14.7. The van der Waals surface area contributed by atoms with Gasteiger partial charge in [0.05, 0.1) is 10.4 Å². The molecule has 0 amide bonds. The van der Waals surface area contributed by atoms with Gasteiger partial charge in [0.1, 0.15) is 5.82 Å². The first-order valence-electron chi connectivity index (χ1n) is 7.34. The molecule has 1 aliphatic rings. The van der Waals surface area contributed by atoms with Crippen LogP contribution in [0.15, 0.2) is 36.4 Å². The van der Waals surface area contributed by atoms with Crippen molar-refractivity contribution in [3.63, 3.8) is 0 Å². The SMILES string of the molecule is O=[N+]([O-])c1ccc2nc(Cl)nc(NCc3ccc4c(c3)OCO4)c2c1. The molecule has 4 rings (SSSR count). The van der Waals surface area contributed by atoms with E-state index in [9.17, 15) is 10.1 Å². The molecule has 3 aromatic rings. The van der Waals surface area contributed by atoms with E-state index in [0.717, 1.165) is 5.56 Å². The Kier molecular flexibility index (Phi) is 3.73. The molecular formula is C16H11ClN4O4. The van der Waals surface area contributed by atoms with E-state index in [1.807, 2.05) is 18.2 Å². The first kappa shape index (κ1) is 15.4. The van der Waals surface area contributed by atoms with Gasteiger partial charge in [-0.05, 0) is 35.4 Å². The highest BCUT2D eigenvalue weighted by atomic mass is 35.5. The van der Waals surface area contributed by atoms with Crippen molar-refractivity contribution in [3.05, 3.63) is 57.4 Å². The number of nitrogens with zero attached hydrogens (tertiary/aromatic N) is 3. The predicted molar refractivity (Wildman–Crippen MR) is 91.1 cm³/mol. The average Bonchev–Trinajstić information content (AvgIpc) is 3.06. The van der Waals surface area contributed by atoms with Crippen LogP contribution in [0.5, 0.6) is 11.5 Å². The van der Waals surface area contributed by atoms with Crippen molar-refractivity contribution in [2.24, 2.45) is 0 Å².